The van der Waals surface area contributed by atoms with Crippen molar-refractivity contribution in [3.05, 3.63) is 0 Å². The average molecular weight is 277 g/mol. The molecule has 3 atom stereocenters. The fourth-order valence-corrected chi connectivity index (χ4v) is 2.19. The average Bonchev–Trinajstić information content (AvgIpc) is 2.20. The SMILES string of the molecule is CC1CCC(OCC(C)(C)CBr)CC1C. The van der Waals surface area contributed by atoms with E-state index in [1.54, 1.807) is 0 Å². The number of halogens is 1. The van der Waals surface area contributed by atoms with E-state index in [1.165, 1.54) is 19.3 Å². The van der Waals surface area contributed by atoms with Crippen LogP contribution in [0.5, 0.6) is 0 Å². The van der Waals surface area contributed by atoms with Gasteiger partial charge < -0.3 is 4.74 Å². The summed E-state index contributed by atoms with van der Waals surface area (Å²) in [4.78, 5) is 0. The fourth-order valence-electron chi connectivity index (χ4n) is 2.03. The first kappa shape index (κ1) is 13.5. The molecule has 0 aromatic heterocycles. The summed E-state index contributed by atoms with van der Waals surface area (Å²) in [5, 5.41) is 1.01. The van der Waals surface area contributed by atoms with Crippen LogP contribution in [0.1, 0.15) is 47.0 Å². The minimum Gasteiger partial charge on any atom is -0.378 e. The predicted octanol–water partition coefficient (Wildman–Crippen LogP) is 4.25. The molecule has 0 N–H and O–H groups in total. The normalized spacial score (nSPS) is 33.0. The monoisotopic (exact) mass is 276 g/mol. The van der Waals surface area contributed by atoms with Crippen molar-refractivity contribution < 1.29 is 4.74 Å². The van der Waals surface area contributed by atoms with E-state index in [2.05, 4.69) is 43.6 Å². The number of alkyl halides is 1. The van der Waals surface area contributed by atoms with Crippen molar-refractivity contribution >= 4 is 15.9 Å². The summed E-state index contributed by atoms with van der Waals surface area (Å²) in [5.41, 5.74) is 0.270. The number of hydrogen-bond donors (Lipinski definition) is 0. The molecule has 1 saturated carbocycles. The highest BCUT2D eigenvalue weighted by Crippen LogP contribution is 2.32. The molecule has 0 bridgehead atoms. The second-order valence-electron chi connectivity index (χ2n) is 6.00. The van der Waals surface area contributed by atoms with Gasteiger partial charge in [-0.05, 0) is 36.5 Å². The Labute approximate surface area is 103 Å². The van der Waals surface area contributed by atoms with E-state index in [0.717, 1.165) is 23.8 Å². The van der Waals surface area contributed by atoms with Crippen molar-refractivity contribution in [3.63, 3.8) is 0 Å². The Balaban J connectivity index is 2.28. The second kappa shape index (κ2) is 5.67. The summed E-state index contributed by atoms with van der Waals surface area (Å²) in [6.45, 7) is 10.1. The van der Waals surface area contributed by atoms with Crippen molar-refractivity contribution in [1.29, 1.82) is 0 Å². The maximum atomic E-state index is 6.03. The summed E-state index contributed by atoms with van der Waals surface area (Å²) in [5.74, 6) is 1.71. The molecule has 1 nitrogen and oxygen atoms in total. The van der Waals surface area contributed by atoms with Crippen molar-refractivity contribution in [1.82, 2.24) is 0 Å². The maximum Gasteiger partial charge on any atom is 0.0578 e. The first-order chi connectivity index (χ1) is 6.94. The minimum atomic E-state index is 0.270. The molecular formula is C13H25BrO. The molecule has 0 spiro atoms. The van der Waals surface area contributed by atoms with Crippen molar-refractivity contribution in [2.45, 2.75) is 53.1 Å². The standard InChI is InChI=1S/C13H25BrO/c1-10-5-6-12(7-11(10)2)15-9-13(3,4)8-14/h10-12H,5-9H2,1-4H3. The van der Waals surface area contributed by atoms with Gasteiger partial charge in [0.15, 0.2) is 0 Å². The molecule has 0 amide bonds. The Morgan fingerprint density at radius 3 is 2.40 bits per heavy atom. The summed E-state index contributed by atoms with van der Waals surface area (Å²) in [6.07, 6.45) is 4.35. The molecule has 0 aromatic rings. The van der Waals surface area contributed by atoms with Crippen LogP contribution in [0.2, 0.25) is 0 Å². The smallest absolute Gasteiger partial charge is 0.0578 e. The molecule has 0 heterocycles. The molecule has 1 fully saturated rings. The van der Waals surface area contributed by atoms with Crippen LogP contribution in [0.25, 0.3) is 0 Å². The van der Waals surface area contributed by atoms with Gasteiger partial charge >= 0.3 is 0 Å². The molecule has 0 aromatic carbocycles. The lowest BCUT2D eigenvalue weighted by Crippen LogP contribution is -2.31. The van der Waals surface area contributed by atoms with Gasteiger partial charge in [-0.15, -0.1) is 0 Å². The third-order valence-corrected chi connectivity index (χ3v) is 5.14. The van der Waals surface area contributed by atoms with Crippen LogP contribution in [-0.2, 0) is 4.74 Å². The lowest BCUT2D eigenvalue weighted by atomic mass is 9.80. The Morgan fingerprint density at radius 2 is 1.87 bits per heavy atom. The van der Waals surface area contributed by atoms with Crippen LogP contribution in [0.3, 0.4) is 0 Å². The first-order valence-electron chi connectivity index (χ1n) is 6.12. The molecule has 1 aliphatic carbocycles. The third kappa shape index (κ3) is 4.44. The summed E-state index contributed by atoms with van der Waals surface area (Å²) in [7, 11) is 0. The van der Waals surface area contributed by atoms with Crippen LogP contribution >= 0.6 is 15.9 Å². The van der Waals surface area contributed by atoms with Gasteiger partial charge in [0.1, 0.15) is 0 Å². The van der Waals surface area contributed by atoms with Gasteiger partial charge in [0.2, 0.25) is 0 Å². The molecule has 0 aliphatic heterocycles. The number of rotatable bonds is 4. The lowest BCUT2D eigenvalue weighted by Gasteiger charge is -2.34. The quantitative estimate of drug-likeness (QED) is 0.698. The van der Waals surface area contributed by atoms with Crippen molar-refractivity contribution in [2.24, 2.45) is 17.3 Å². The predicted molar refractivity (Wildman–Crippen MR) is 69.5 cm³/mol. The van der Waals surface area contributed by atoms with E-state index < -0.39 is 0 Å². The van der Waals surface area contributed by atoms with Gasteiger partial charge in [-0.25, -0.2) is 0 Å². The third-order valence-electron chi connectivity index (χ3n) is 3.62. The van der Waals surface area contributed by atoms with Gasteiger partial charge in [-0.3, -0.25) is 0 Å². The zero-order valence-electron chi connectivity index (χ0n) is 10.6. The minimum absolute atomic E-state index is 0.270. The fraction of sp³-hybridized carbons (Fsp3) is 1.00. The van der Waals surface area contributed by atoms with Crippen LogP contribution in [0.15, 0.2) is 0 Å². The Morgan fingerprint density at radius 1 is 1.20 bits per heavy atom. The molecule has 3 unspecified atom stereocenters. The highest BCUT2D eigenvalue weighted by Gasteiger charge is 2.26. The van der Waals surface area contributed by atoms with Gasteiger partial charge in [-0.1, -0.05) is 43.6 Å². The van der Waals surface area contributed by atoms with Crippen molar-refractivity contribution in [3.8, 4) is 0 Å². The van der Waals surface area contributed by atoms with E-state index in [9.17, 15) is 0 Å². The van der Waals surface area contributed by atoms with E-state index >= 15 is 0 Å². The van der Waals surface area contributed by atoms with Crippen LogP contribution in [-0.4, -0.2) is 18.0 Å². The Bertz CT molecular complexity index is 191. The maximum absolute atomic E-state index is 6.03. The van der Waals surface area contributed by atoms with Crippen LogP contribution in [0.4, 0.5) is 0 Å². The molecule has 0 saturated heterocycles. The Kier molecular flexibility index (Phi) is 5.11. The summed E-state index contributed by atoms with van der Waals surface area (Å²) >= 11 is 3.54. The van der Waals surface area contributed by atoms with E-state index in [-0.39, 0.29) is 5.41 Å². The topological polar surface area (TPSA) is 9.23 Å². The number of ether oxygens (including phenoxy) is 1. The van der Waals surface area contributed by atoms with Crippen LogP contribution < -0.4 is 0 Å². The van der Waals surface area contributed by atoms with Crippen LogP contribution in [0, 0.1) is 17.3 Å². The van der Waals surface area contributed by atoms with Gasteiger partial charge in [-0.2, -0.15) is 0 Å². The molecule has 0 radical (unpaired) electrons. The summed E-state index contributed by atoms with van der Waals surface area (Å²) in [6, 6.07) is 0. The molecule has 15 heavy (non-hydrogen) atoms. The van der Waals surface area contributed by atoms with Crippen molar-refractivity contribution in [2.75, 3.05) is 11.9 Å². The molecular weight excluding hydrogens is 252 g/mol. The zero-order chi connectivity index (χ0) is 11.5. The first-order valence-corrected chi connectivity index (χ1v) is 7.24. The summed E-state index contributed by atoms with van der Waals surface area (Å²) < 4.78 is 6.03. The molecule has 90 valence electrons. The Hall–Kier alpha value is 0.440. The van der Waals surface area contributed by atoms with Gasteiger partial charge in [0.05, 0.1) is 12.7 Å². The highest BCUT2D eigenvalue weighted by atomic mass is 79.9. The highest BCUT2D eigenvalue weighted by molar-refractivity contribution is 9.09. The van der Waals surface area contributed by atoms with Gasteiger partial charge in [0.25, 0.3) is 0 Å². The zero-order valence-corrected chi connectivity index (χ0v) is 12.1. The largest absolute Gasteiger partial charge is 0.378 e. The van der Waals surface area contributed by atoms with E-state index in [4.69, 9.17) is 4.74 Å². The van der Waals surface area contributed by atoms with E-state index in [0.29, 0.717) is 6.10 Å². The number of hydrogen-bond acceptors (Lipinski definition) is 1. The molecule has 1 aliphatic rings. The molecule has 1 rings (SSSR count). The van der Waals surface area contributed by atoms with Gasteiger partial charge in [0, 0.05) is 5.33 Å². The van der Waals surface area contributed by atoms with E-state index in [1.807, 2.05) is 0 Å². The lowest BCUT2D eigenvalue weighted by molar-refractivity contribution is -0.0271. The molecule has 2 heteroatoms. The second-order valence-corrected chi connectivity index (χ2v) is 6.56.